The van der Waals surface area contributed by atoms with E-state index in [2.05, 4.69) is 35.5 Å². The van der Waals surface area contributed by atoms with Crippen molar-refractivity contribution in [1.82, 2.24) is 0 Å². The lowest BCUT2D eigenvalue weighted by atomic mass is 9.96. The predicted octanol–water partition coefficient (Wildman–Crippen LogP) is 5.29. The summed E-state index contributed by atoms with van der Waals surface area (Å²) >= 11 is 0. The van der Waals surface area contributed by atoms with Crippen LogP contribution in [0.25, 0.3) is 10.8 Å². The normalized spacial score (nSPS) is 12.0. The second-order valence-corrected chi connectivity index (χ2v) is 5.57. The van der Waals surface area contributed by atoms with E-state index in [1.165, 1.54) is 16.3 Å². The lowest BCUT2D eigenvalue weighted by Gasteiger charge is -2.11. The Morgan fingerprint density at radius 2 is 1.70 bits per heavy atom. The summed E-state index contributed by atoms with van der Waals surface area (Å²) in [5, 5.41) is 5.79. The first-order valence-corrected chi connectivity index (χ1v) is 7.75. The predicted molar refractivity (Wildman–Crippen MR) is 93.8 cm³/mol. The van der Waals surface area contributed by atoms with Crippen LogP contribution >= 0.6 is 0 Å². The van der Waals surface area contributed by atoms with Gasteiger partial charge in [0, 0.05) is 0 Å². The van der Waals surface area contributed by atoms with Crippen LogP contribution in [0.4, 0.5) is 0 Å². The van der Waals surface area contributed by atoms with Crippen molar-refractivity contribution >= 4 is 10.8 Å². The van der Waals surface area contributed by atoms with Crippen molar-refractivity contribution in [1.29, 1.82) is 0 Å². The summed E-state index contributed by atoms with van der Waals surface area (Å²) in [6.07, 6.45) is 1.52. The summed E-state index contributed by atoms with van der Waals surface area (Å²) in [4.78, 5) is 11.3. The van der Waals surface area contributed by atoms with Crippen LogP contribution in [0, 0.1) is 4.91 Å². The summed E-state index contributed by atoms with van der Waals surface area (Å²) in [7, 11) is 1.63. The number of methoxy groups -OCH3 is 1. The van der Waals surface area contributed by atoms with Gasteiger partial charge in [-0.15, -0.1) is 0 Å². The van der Waals surface area contributed by atoms with Crippen LogP contribution in [-0.4, -0.2) is 7.11 Å². The highest BCUT2D eigenvalue weighted by molar-refractivity contribution is 5.85. The van der Waals surface area contributed by atoms with Gasteiger partial charge in [-0.3, -0.25) is 0 Å². The third-order valence-corrected chi connectivity index (χ3v) is 4.19. The highest BCUT2D eigenvalue weighted by Gasteiger charge is 2.13. The number of benzene rings is 3. The van der Waals surface area contributed by atoms with Gasteiger partial charge in [0.1, 0.15) is 11.8 Å². The third-order valence-electron chi connectivity index (χ3n) is 4.19. The molecule has 0 aliphatic carbocycles. The fourth-order valence-electron chi connectivity index (χ4n) is 2.91. The van der Waals surface area contributed by atoms with Gasteiger partial charge < -0.3 is 4.74 Å². The van der Waals surface area contributed by atoms with Crippen molar-refractivity contribution in [2.75, 3.05) is 7.11 Å². The first-order chi connectivity index (χ1) is 11.3. The van der Waals surface area contributed by atoms with Gasteiger partial charge >= 0.3 is 0 Å². The molecule has 0 heterocycles. The minimum atomic E-state index is -0.333. The molecule has 3 rings (SSSR count). The van der Waals surface area contributed by atoms with Crippen LogP contribution in [0.1, 0.15) is 23.6 Å². The third kappa shape index (κ3) is 3.39. The van der Waals surface area contributed by atoms with E-state index >= 15 is 0 Å². The number of ether oxygens (including phenoxy) is 1. The van der Waals surface area contributed by atoms with E-state index in [1.807, 2.05) is 36.4 Å². The Bertz CT molecular complexity index is 791. The average Bonchev–Trinajstić information content (AvgIpc) is 2.63. The quantitative estimate of drug-likeness (QED) is 0.580. The molecule has 0 aromatic heterocycles. The summed E-state index contributed by atoms with van der Waals surface area (Å²) in [5.41, 5.74) is 2.19. The molecule has 3 aromatic rings. The molecule has 0 saturated carbocycles. The van der Waals surface area contributed by atoms with Crippen molar-refractivity contribution in [3.8, 4) is 5.75 Å². The molecule has 0 amide bonds. The van der Waals surface area contributed by atoms with Gasteiger partial charge in [0.05, 0.1) is 7.11 Å². The fourth-order valence-corrected chi connectivity index (χ4v) is 2.91. The largest absolute Gasteiger partial charge is 0.497 e. The van der Waals surface area contributed by atoms with Crippen molar-refractivity contribution in [2.45, 2.75) is 18.9 Å². The van der Waals surface area contributed by atoms with Gasteiger partial charge in [-0.05, 0) is 46.9 Å². The fraction of sp³-hybridized carbons (Fsp3) is 0.200. The van der Waals surface area contributed by atoms with Gasteiger partial charge in [-0.1, -0.05) is 59.8 Å². The Morgan fingerprint density at radius 1 is 0.957 bits per heavy atom. The number of nitroso groups, excluding NO2 is 1. The molecular weight excluding hydrogens is 286 g/mol. The van der Waals surface area contributed by atoms with Crippen molar-refractivity contribution in [3.05, 3.63) is 82.8 Å². The molecule has 3 aromatic carbocycles. The van der Waals surface area contributed by atoms with Gasteiger partial charge in [0.15, 0.2) is 0 Å². The molecule has 3 nitrogen and oxygen atoms in total. The minimum absolute atomic E-state index is 0.333. The molecule has 0 saturated heterocycles. The first kappa shape index (κ1) is 15.2. The highest BCUT2D eigenvalue weighted by atomic mass is 16.5. The second-order valence-electron chi connectivity index (χ2n) is 5.57. The molecule has 0 N–H and O–H groups in total. The summed E-state index contributed by atoms with van der Waals surface area (Å²) in [5.74, 6) is 0.785. The van der Waals surface area contributed by atoms with Crippen LogP contribution in [0.5, 0.6) is 5.75 Å². The Labute approximate surface area is 135 Å². The molecule has 0 aliphatic heterocycles. The zero-order valence-electron chi connectivity index (χ0n) is 13.1. The zero-order valence-corrected chi connectivity index (χ0v) is 13.1. The SMILES string of the molecule is COc1ccc(C(CCc2cccc3ccccc23)N=O)cc1. The van der Waals surface area contributed by atoms with Crippen LogP contribution in [0.2, 0.25) is 0 Å². The zero-order chi connectivity index (χ0) is 16.1. The van der Waals surface area contributed by atoms with Crippen LogP contribution in [0.3, 0.4) is 0 Å². The molecule has 0 aliphatic rings. The van der Waals surface area contributed by atoms with E-state index in [0.29, 0.717) is 6.42 Å². The van der Waals surface area contributed by atoms with Crippen LogP contribution < -0.4 is 4.74 Å². The monoisotopic (exact) mass is 305 g/mol. The van der Waals surface area contributed by atoms with E-state index in [0.717, 1.165) is 17.7 Å². The highest BCUT2D eigenvalue weighted by Crippen LogP contribution is 2.27. The topological polar surface area (TPSA) is 38.7 Å². The molecule has 0 spiro atoms. The molecule has 3 heteroatoms. The number of hydrogen-bond acceptors (Lipinski definition) is 3. The van der Waals surface area contributed by atoms with E-state index in [4.69, 9.17) is 4.74 Å². The number of hydrogen-bond donors (Lipinski definition) is 0. The lowest BCUT2D eigenvalue weighted by Crippen LogP contribution is -1.98. The molecule has 0 fully saturated rings. The average molecular weight is 305 g/mol. The van der Waals surface area contributed by atoms with Crippen LogP contribution in [-0.2, 0) is 6.42 Å². The number of aryl methyl sites for hydroxylation is 1. The molecule has 1 atom stereocenters. The maximum absolute atomic E-state index is 11.3. The Kier molecular flexibility index (Phi) is 4.67. The van der Waals surface area contributed by atoms with Gasteiger partial charge in [-0.25, -0.2) is 0 Å². The molecular formula is C20H19NO2. The number of rotatable bonds is 6. The maximum Gasteiger partial charge on any atom is 0.118 e. The van der Waals surface area contributed by atoms with Crippen LogP contribution in [0.15, 0.2) is 71.9 Å². The van der Waals surface area contributed by atoms with Crippen molar-refractivity contribution < 1.29 is 4.74 Å². The van der Waals surface area contributed by atoms with E-state index < -0.39 is 0 Å². The van der Waals surface area contributed by atoms with Gasteiger partial charge in [0.2, 0.25) is 0 Å². The first-order valence-electron chi connectivity index (χ1n) is 7.75. The van der Waals surface area contributed by atoms with Crippen molar-refractivity contribution in [2.24, 2.45) is 5.18 Å². The summed E-state index contributed by atoms with van der Waals surface area (Å²) < 4.78 is 5.15. The summed E-state index contributed by atoms with van der Waals surface area (Å²) in [6, 6.07) is 21.8. The lowest BCUT2D eigenvalue weighted by molar-refractivity contribution is 0.414. The Balaban J connectivity index is 1.78. The molecule has 0 bridgehead atoms. The smallest absolute Gasteiger partial charge is 0.118 e. The second kappa shape index (κ2) is 7.05. The molecule has 0 radical (unpaired) electrons. The van der Waals surface area contributed by atoms with Gasteiger partial charge in [-0.2, -0.15) is 4.91 Å². The van der Waals surface area contributed by atoms with E-state index in [1.54, 1.807) is 7.11 Å². The van der Waals surface area contributed by atoms with Gasteiger partial charge in [0.25, 0.3) is 0 Å². The van der Waals surface area contributed by atoms with E-state index in [9.17, 15) is 4.91 Å². The minimum Gasteiger partial charge on any atom is -0.497 e. The standard InChI is InChI=1S/C20H19NO2/c1-23-18-12-9-17(10-13-18)20(21-22)14-11-16-7-4-6-15-5-2-3-8-19(15)16/h2-10,12-13,20H,11,14H2,1H3. The van der Waals surface area contributed by atoms with Crippen molar-refractivity contribution in [3.63, 3.8) is 0 Å². The Morgan fingerprint density at radius 3 is 2.43 bits per heavy atom. The Hall–Kier alpha value is -2.68. The number of fused-ring (bicyclic) bond motifs is 1. The maximum atomic E-state index is 11.3. The summed E-state index contributed by atoms with van der Waals surface area (Å²) in [6.45, 7) is 0. The molecule has 116 valence electrons. The molecule has 23 heavy (non-hydrogen) atoms. The molecule has 1 unspecified atom stereocenters. The van der Waals surface area contributed by atoms with E-state index in [-0.39, 0.29) is 6.04 Å². The number of nitrogens with zero attached hydrogens (tertiary/aromatic N) is 1.